The van der Waals surface area contributed by atoms with Gasteiger partial charge in [0.15, 0.2) is 0 Å². The van der Waals surface area contributed by atoms with Crippen LogP contribution in [0, 0.1) is 12.8 Å². The second-order valence-corrected chi connectivity index (χ2v) is 7.67. The first kappa shape index (κ1) is 18.2. The van der Waals surface area contributed by atoms with E-state index in [0.29, 0.717) is 13.0 Å². The highest BCUT2D eigenvalue weighted by Gasteiger charge is 2.16. The molecule has 0 unspecified atom stereocenters. The van der Waals surface area contributed by atoms with E-state index in [-0.39, 0.29) is 5.91 Å². The van der Waals surface area contributed by atoms with Crippen molar-refractivity contribution < 1.29 is 4.79 Å². The molecule has 3 rings (SSSR count). The maximum absolute atomic E-state index is 12.2. The number of carbonyl (C=O) groups excluding carboxylic acids is 1. The minimum atomic E-state index is 0.154. The molecule has 5 nitrogen and oxygen atoms in total. The standard InChI is InChI=1S/C20H32N4O/c1-16-14-18(23-20(22-16)24-12-6-3-7-13-24)15-21-19(25)11-10-17-8-4-2-5-9-17/h14,17H,2-13,15H2,1H3,(H,21,25). The summed E-state index contributed by atoms with van der Waals surface area (Å²) in [6, 6.07) is 1.98. The lowest BCUT2D eigenvalue weighted by atomic mass is 9.86. The smallest absolute Gasteiger partial charge is 0.225 e. The van der Waals surface area contributed by atoms with Crippen LogP contribution in [0.15, 0.2) is 6.07 Å². The van der Waals surface area contributed by atoms with Gasteiger partial charge < -0.3 is 10.2 Å². The molecule has 1 saturated carbocycles. The van der Waals surface area contributed by atoms with Crippen LogP contribution in [0.4, 0.5) is 5.95 Å². The fourth-order valence-electron chi connectivity index (χ4n) is 4.03. The summed E-state index contributed by atoms with van der Waals surface area (Å²) in [6.07, 6.45) is 12.1. The van der Waals surface area contributed by atoms with Crippen LogP contribution in [-0.2, 0) is 11.3 Å². The lowest BCUT2D eigenvalue weighted by molar-refractivity contribution is -0.121. The van der Waals surface area contributed by atoms with Crippen LogP contribution in [0.1, 0.15) is 75.6 Å². The van der Waals surface area contributed by atoms with Crippen molar-refractivity contribution in [1.82, 2.24) is 15.3 Å². The summed E-state index contributed by atoms with van der Waals surface area (Å²) in [5.41, 5.74) is 1.89. The summed E-state index contributed by atoms with van der Waals surface area (Å²) in [7, 11) is 0. The minimum absolute atomic E-state index is 0.154. The second-order valence-electron chi connectivity index (χ2n) is 7.67. The van der Waals surface area contributed by atoms with Crippen LogP contribution in [0.3, 0.4) is 0 Å². The molecule has 1 N–H and O–H groups in total. The number of amides is 1. The summed E-state index contributed by atoms with van der Waals surface area (Å²) >= 11 is 0. The quantitative estimate of drug-likeness (QED) is 0.854. The van der Waals surface area contributed by atoms with Crippen LogP contribution in [-0.4, -0.2) is 29.0 Å². The maximum atomic E-state index is 12.2. The van der Waals surface area contributed by atoms with Crippen molar-refractivity contribution >= 4 is 11.9 Å². The molecule has 5 heteroatoms. The van der Waals surface area contributed by atoms with Crippen molar-refractivity contribution in [2.45, 2.75) is 77.7 Å². The van der Waals surface area contributed by atoms with Gasteiger partial charge in [-0.1, -0.05) is 32.1 Å². The van der Waals surface area contributed by atoms with Gasteiger partial charge in [-0.3, -0.25) is 4.79 Å². The topological polar surface area (TPSA) is 58.1 Å². The largest absolute Gasteiger partial charge is 0.350 e. The summed E-state index contributed by atoms with van der Waals surface area (Å²) in [5, 5.41) is 3.05. The molecule has 1 aromatic heterocycles. The van der Waals surface area contributed by atoms with Crippen LogP contribution < -0.4 is 10.2 Å². The Hall–Kier alpha value is -1.65. The van der Waals surface area contributed by atoms with E-state index in [2.05, 4.69) is 20.2 Å². The minimum Gasteiger partial charge on any atom is -0.350 e. The van der Waals surface area contributed by atoms with E-state index in [1.54, 1.807) is 0 Å². The summed E-state index contributed by atoms with van der Waals surface area (Å²) in [6.45, 7) is 4.59. The number of anilines is 1. The molecule has 25 heavy (non-hydrogen) atoms. The molecule has 0 bridgehead atoms. The van der Waals surface area contributed by atoms with Gasteiger partial charge in [0.05, 0.1) is 12.2 Å². The Labute approximate surface area is 151 Å². The highest BCUT2D eigenvalue weighted by atomic mass is 16.1. The van der Waals surface area contributed by atoms with E-state index in [1.165, 1.54) is 51.4 Å². The zero-order valence-corrected chi connectivity index (χ0v) is 15.6. The number of aryl methyl sites for hydroxylation is 1. The maximum Gasteiger partial charge on any atom is 0.225 e. The highest BCUT2D eigenvalue weighted by molar-refractivity contribution is 5.75. The number of rotatable bonds is 6. The van der Waals surface area contributed by atoms with E-state index in [1.807, 2.05) is 13.0 Å². The first-order valence-corrected chi connectivity index (χ1v) is 10.1. The number of aromatic nitrogens is 2. The van der Waals surface area contributed by atoms with Gasteiger partial charge in [-0.05, 0) is 44.6 Å². The molecular formula is C20H32N4O. The van der Waals surface area contributed by atoms with Gasteiger partial charge in [-0.25, -0.2) is 9.97 Å². The molecule has 0 spiro atoms. The van der Waals surface area contributed by atoms with E-state index in [4.69, 9.17) is 0 Å². The molecule has 2 heterocycles. The molecule has 1 aliphatic heterocycles. The van der Waals surface area contributed by atoms with E-state index < -0.39 is 0 Å². The molecule has 0 radical (unpaired) electrons. The number of piperidine rings is 1. The number of nitrogens with one attached hydrogen (secondary N) is 1. The van der Waals surface area contributed by atoms with Gasteiger partial charge >= 0.3 is 0 Å². The van der Waals surface area contributed by atoms with Crippen LogP contribution in [0.2, 0.25) is 0 Å². The van der Waals surface area contributed by atoms with Crippen molar-refractivity contribution in [2.75, 3.05) is 18.0 Å². The molecule has 1 aliphatic carbocycles. The van der Waals surface area contributed by atoms with Gasteiger partial charge in [0.1, 0.15) is 0 Å². The number of hydrogen-bond donors (Lipinski definition) is 1. The Balaban J connectivity index is 1.48. The van der Waals surface area contributed by atoms with Crippen LogP contribution in [0.5, 0.6) is 0 Å². The second kappa shape index (κ2) is 9.16. The average molecular weight is 345 g/mol. The number of nitrogens with zero attached hydrogens (tertiary/aromatic N) is 3. The lowest BCUT2D eigenvalue weighted by Crippen LogP contribution is -2.32. The Morgan fingerprint density at radius 1 is 1.12 bits per heavy atom. The van der Waals surface area contributed by atoms with E-state index >= 15 is 0 Å². The first-order chi connectivity index (χ1) is 12.2. The molecule has 2 aliphatic rings. The lowest BCUT2D eigenvalue weighted by Gasteiger charge is -2.27. The van der Waals surface area contributed by atoms with Crippen molar-refractivity contribution in [3.05, 3.63) is 17.5 Å². The molecule has 2 fully saturated rings. The Kier molecular flexibility index (Phi) is 6.65. The van der Waals surface area contributed by atoms with Crippen molar-refractivity contribution in [1.29, 1.82) is 0 Å². The van der Waals surface area contributed by atoms with Crippen molar-refractivity contribution in [2.24, 2.45) is 5.92 Å². The predicted octanol–water partition coefficient (Wildman–Crippen LogP) is 3.75. The van der Waals surface area contributed by atoms with Gasteiger partial charge in [-0.2, -0.15) is 0 Å². The third-order valence-electron chi connectivity index (χ3n) is 5.51. The molecule has 1 saturated heterocycles. The summed E-state index contributed by atoms with van der Waals surface area (Å²) in [5.74, 6) is 1.74. The Morgan fingerprint density at radius 3 is 2.60 bits per heavy atom. The van der Waals surface area contributed by atoms with E-state index in [9.17, 15) is 4.79 Å². The molecular weight excluding hydrogens is 312 g/mol. The Morgan fingerprint density at radius 2 is 1.84 bits per heavy atom. The summed E-state index contributed by atoms with van der Waals surface area (Å²) < 4.78 is 0. The van der Waals surface area contributed by atoms with Crippen LogP contribution >= 0.6 is 0 Å². The molecule has 0 atom stereocenters. The van der Waals surface area contributed by atoms with Gasteiger partial charge in [0.2, 0.25) is 11.9 Å². The zero-order chi connectivity index (χ0) is 17.5. The monoisotopic (exact) mass is 344 g/mol. The zero-order valence-electron chi connectivity index (χ0n) is 15.6. The molecule has 1 aromatic rings. The number of carbonyl (C=O) groups is 1. The molecule has 0 aromatic carbocycles. The van der Waals surface area contributed by atoms with Gasteiger partial charge in [-0.15, -0.1) is 0 Å². The fourth-order valence-corrected chi connectivity index (χ4v) is 4.03. The SMILES string of the molecule is Cc1cc(CNC(=O)CCC2CCCCC2)nc(N2CCCCC2)n1. The molecule has 1 amide bonds. The van der Waals surface area contributed by atoms with Crippen LogP contribution in [0.25, 0.3) is 0 Å². The molecule has 138 valence electrons. The number of hydrogen-bond acceptors (Lipinski definition) is 4. The third-order valence-corrected chi connectivity index (χ3v) is 5.51. The van der Waals surface area contributed by atoms with Gasteiger partial charge in [0, 0.05) is 25.2 Å². The highest BCUT2D eigenvalue weighted by Crippen LogP contribution is 2.27. The normalized spacial score (nSPS) is 19.0. The first-order valence-electron chi connectivity index (χ1n) is 10.1. The average Bonchev–Trinajstić information content (AvgIpc) is 2.66. The van der Waals surface area contributed by atoms with Crippen molar-refractivity contribution in [3.8, 4) is 0 Å². The predicted molar refractivity (Wildman–Crippen MR) is 100 cm³/mol. The third kappa shape index (κ3) is 5.68. The van der Waals surface area contributed by atoms with Gasteiger partial charge in [0.25, 0.3) is 0 Å². The van der Waals surface area contributed by atoms with Crippen molar-refractivity contribution in [3.63, 3.8) is 0 Å². The Bertz CT molecular complexity index is 563. The fraction of sp³-hybridized carbons (Fsp3) is 0.750. The van der Waals surface area contributed by atoms with E-state index in [0.717, 1.165) is 42.8 Å². The summed E-state index contributed by atoms with van der Waals surface area (Å²) in [4.78, 5) is 23.7.